The molecule has 1 aromatic rings. The molecule has 1 unspecified atom stereocenters. The largest absolute Gasteiger partial charge is 0.306 e. The minimum Gasteiger partial charge on any atom is -0.306 e. The maximum atomic E-state index is 3.43. The van der Waals surface area contributed by atoms with Gasteiger partial charge in [-0.3, -0.25) is 0 Å². The number of nitrogens with one attached hydrogen (secondary N) is 1. The quantitative estimate of drug-likeness (QED) is 0.641. The van der Waals surface area contributed by atoms with Crippen LogP contribution < -0.4 is 5.32 Å². The van der Waals surface area contributed by atoms with E-state index in [9.17, 15) is 0 Å². The van der Waals surface area contributed by atoms with Crippen molar-refractivity contribution in [3.63, 3.8) is 0 Å². The first-order chi connectivity index (χ1) is 6.29. The van der Waals surface area contributed by atoms with Gasteiger partial charge in [-0.2, -0.15) is 0 Å². The fourth-order valence-electron chi connectivity index (χ4n) is 1.74. The maximum absolute atomic E-state index is 3.43. The zero-order chi connectivity index (χ0) is 9.84. The van der Waals surface area contributed by atoms with E-state index in [2.05, 4.69) is 37.4 Å². The number of fused-ring (bicyclic) bond motifs is 1. The van der Waals surface area contributed by atoms with Gasteiger partial charge in [0.05, 0.1) is 0 Å². The average Bonchev–Trinajstić information content (AvgIpc) is 2.53. The Morgan fingerprint density at radius 2 is 2.00 bits per heavy atom. The third kappa shape index (κ3) is 1.92. The van der Waals surface area contributed by atoms with Gasteiger partial charge in [0.25, 0.3) is 0 Å². The predicted octanol–water partition coefficient (Wildman–Crippen LogP) is 3.19. The highest BCUT2D eigenvalue weighted by atomic mass is 14.9. The molecule has 13 heavy (non-hydrogen) atoms. The molecule has 0 aliphatic carbocycles. The summed E-state index contributed by atoms with van der Waals surface area (Å²) >= 11 is 0. The van der Waals surface area contributed by atoms with Gasteiger partial charge in [-0.25, -0.2) is 0 Å². The lowest BCUT2D eigenvalue weighted by molar-refractivity contribution is 0.633. The average molecular weight is 177 g/mol. The number of benzene rings is 1. The first kappa shape index (κ1) is 10.3. The summed E-state index contributed by atoms with van der Waals surface area (Å²) < 4.78 is 0. The second-order valence-electron chi connectivity index (χ2n) is 3.25. The molecule has 0 saturated heterocycles. The number of rotatable bonds is 0. The van der Waals surface area contributed by atoms with Crippen LogP contribution >= 0.6 is 0 Å². The molecule has 2 rings (SSSR count). The summed E-state index contributed by atoms with van der Waals surface area (Å²) in [5, 5.41) is 3.43. The summed E-state index contributed by atoms with van der Waals surface area (Å²) in [6, 6.07) is 7.08. The van der Waals surface area contributed by atoms with Crippen molar-refractivity contribution in [1.82, 2.24) is 5.32 Å². The molecule has 72 valence electrons. The van der Waals surface area contributed by atoms with E-state index in [-0.39, 0.29) is 0 Å². The second-order valence-corrected chi connectivity index (χ2v) is 3.25. The molecule has 0 saturated carbocycles. The van der Waals surface area contributed by atoms with Gasteiger partial charge in [-0.15, -0.1) is 0 Å². The van der Waals surface area contributed by atoms with Crippen LogP contribution in [0.2, 0.25) is 0 Å². The van der Waals surface area contributed by atoms with E-state index < -0.39 is 0 Å². The van der Waals surface area contributed by atoms with Crippen molar-refractivity contribution >= 4 is 0 Å². The van der Waals surface area contributed by atoms with Crippen molar-refractivity contribution in [2.24, 2.45) is 0 Å². The standard InChI is InChI=1S/C10H13N.C2H6/c1-7-4-3-5-9-8(2)11-6-10(7)9;1-2/h3-5,8,11H,6H2,1-2H3;1-2H3. The zero-order valence-corrected chi connectivity index (χ0v) is 9.02. The molecule has 1 heteroatoms. The van der Waals surface area contributed by atoms with Crippen LogP contribution in [0.4, 0.5) is 0 Å². The van der Waals surface area contributed by atoms with E-state index in [1.807, 2.05) is 13.8 Å². The van der Waals surface area contributed by atoms with Crippen molar-refractivity contribution < 1.29 is 0 Å². The fraction of sp³-hybridized carbons (Fsp3) is 0.500. The van der Waals surface area contributed by atoms with E-state index in [4.69, 9.17) is 0 Å². The third-order valence-electron chi connectivity index (χ3n) is 2.50. The molecule has 1 atom stereocenters. The summed E-state index contributed by atoms with van der Waals surface area (Å²) in [4.78, 5) is 0. The second kappa shape index (κ2) is 4.43. The Hall–Kier alpha value is -0.820. The predicted molar refractivity (Wildman–Crippen MR) is 57.8 cm³/mol. The normalized spacial score (nSPS) is 18.9. The van der Waals surface area contributed by atoms with E-state index in [0.717, 1.165) is 6.54 Å². The smallest absolute Gasteiger partial charge is 0.0298 e. The third-order valence-corrected chi connectivity index (χ3v) is 2.50. The zero-order valence-electron chi connectivity index (χ0n) is 9.02. The van der Waals surface area contributed by atoms with Crippen molar-refractivity contribution in [2.45, 2.75) is 40.3 Å². The molecule has 1 aliphatic heterocycles. The minimum absolute atomic E-state index is 0.546. The van der Waals surface area contributed by atoms with Crippen molar-refractivity contribution in [2.75, 3.05) is 0 Å². The molecule has 1 heterocycles. The van der Waals surface area contributed by atoms with E-state index >= 15 is 0 Å². The van der Waals surface area contributed by atoms with Gasteiger partial charge in [0.1, 0.15) is 0 Å². The van der Waals surface area contributed by atoms with Crippen molar-refractivity contribution in [3.05, 3.63) is 34.9 Å². The summed E-state index contributed by atoms with van der Waals surface area (Å²) in [6.45, 7) is 9.44. The SMILES string of the molecule is CC.Cc1cccc2c1CNC2C. The lowest BCUT2D eigenvalue weighted by Gasteiger charge is -2.04. The molecule has 0 radical (unpaired) electrons. The van der Waals surface area contributed by atoms with E-state index in [0.29, 0.717) is 6.04 Å². The molecule has 1 N–H and O–H groups in total. The Morgan fingerprint density at radius 3 is 2.62 bits per heavy atom. The van der Waals surface area contributed by atoms with Crippen LogP contribution in [0.25, 0.3) is 0 Å². The lowest BCUT2D eigenvalue weighted by Crippen LogP contribution is -2.06. The van der Waals surface area contributed by atoms with Crippen LogP contribution in [0.1, 0.15) is 43.5 Å². The van der Waals surface area contributed by atoms with E-state index in [1.165, 1.54) is 16.7 Å². The van der Waals surface area contributed by atoms with Gasteiger partial charge in [0.15, 0.2) is 0 Å². The highest BCUT2D eigenvalue weighted by Crippen LogP contribution is 2.26. The Morgan fingerprint density at radius 1 is 1.31 bits per heavy atom. The van der Waals surface area contributed by atoms with Crippen molar-refractivity contribution in [1.29, 1.82) is 0 Å². The molecule has 1 aromatic carbocycles. The molecule has 0 spiro atoms. The number of aryl methyl sites for hydroxylation is 1. The summed E-state index contributed by atoms with van der Waals surface area (Å²) in [7, 11) is 0. The van der Waals surface area contributed by atoms with Gasteiger partial charge in [0.2, 0.25) is 0 Å². The minimum atomic E-state index is 0.546. The monoisotopic (exact) mass is 177 g/mol. The molecule has 0 bridgehead atoms. The topological polar surface area (TPSA) is 12.0 Å². The first-order valence-electron chi connectivity index (χ1n) is 5.11. The van der Waals surface area contributed by atoms with Crippen LogP contribution in [0.5, 0.6) is 0 Å². The fourth-order valence-corrected chi connectivity index (χ4v) is 1.74. The molecule has 1 aliphatic rings. The van der Waals surface area contributed by atoms with Gasteiger partial charge < -0.3 is 5.32 Å². The Balaban J connectivity index is 0.000000396. The molecule has 0 fully saturated rings. The van der Waals surface area contributed by atoms with Crippen LogP contribution in [-0.2, 0) is 6.54 Å². The summed E-state index contributed by atoms with van der Waals surface area (Å²) in [6.07, 6.45) is 0. The van der Waals surface area contributed by atoms with Gasteiger partial charge in [-0.05, 0) is 30.5 Å². The van der Waals surface area contributed by atoms with Crippen LogP contribution in [0, 0.1) is 6.92 Å². The maximum Gasteiger partial charge on any atom is 0.0298 e. The lowest BCUT2D eigenvalue weighted by atomic mass is 10.0. The molecule has 0 amide bonds. The molecule has 1 nitrogen and oxygen atoms in total. The van der Waals surface area contributed by atoms with Crippen LogP contribution in [0.3, 0.4) is 0 Å². The first-order valence-corrected chi connectivity index (χ1v) is 5.11. The van der Waals surface area contributed by atoms with Crippen LogP contribution in [0.15, 0.2) is 18.2 Å². The number of hydrogen-bond acceptors (Lipinski definition) is 1. The molecule has 0 aromatic heterocycles. The molecular weight excluding hydrogens is 158 g/mol. The van der Waals surface area contributed by atoms with Gasteiger partial charge in [-0.1, -0.05) is 32.0 Å². The molecular formula is C12H19N. The highest BCUT2D eigenvalue weighted by Gasteiger charge is 2.17. The van der Waals surface area contributed by atoms with E-state index in [1.54, 1.807) is 0 Å². The summed E-state index contributed by atoms with van der Waals surface area (Å²) in [5.74, 6) is 0. The van der Waals surface area contributed by atoms with Crippen molar-refractivity contribution in [3.8, 4) is 0 Å². The van der Waals surface area contributed by atoms with Crippen LogP contribution in [-0.4, -0.2) is 0 Å². The van der Waals surface area contributed by atoms with Gasteiger partial charge >= 0.3 is 0 Å². The Labute approximate surface area is 81.2 Å². The Bertz CT molecular complexity index is 278. The Kier molecular flexibility index (Phi) is 3.49. The highest BCUT2D eigenvalue weighted by molar-refractivity contribution is 5.39. The summed E-state index contributed by atoms with van der Waals surface area (Å²) in [5.41, 5.74) is 4.39. The van der Waals surface area contributed by atoms with Gasteiger partial charge in [0, 0.05) is 12.6 Å². The number of hydrogen-bond donors (Lipinski definition) is 1.